The lowest BCUT2D eigenvalue weighted by molar-refractivity contribution is 0.845. The molecule has 4 aromatic rings. The van der Waals surface area contributed by atoms with Crippen molar-refractivity contribution in [2.24, 2.45) is 0 Å². The number of fused-ring (bicyclic) bond motifs is 1. The second-order valence-electron chi connectivity index (χ2n) is 6.16. The van der Waals surface area contributed by atoms with Gasteiger partial charge in [-0.2, -0.15) is 0 Å². The van der Waals surface area contributed by atoms with Crippen LogP contribution in [0.2, 0.25) is 5.02 Å². The molecular formula is C20H16ClN5O. The van der Waals surface area contributed by atoms with Gasteiger partial charge < -0.3 is 10.3 Å². The molecule has 1 aromatic carbocycles. The first-order valence-corrected chi connectivity index (χ1v) is 8.80. The molecule has 1 atom stereocenters. The van der Waals surface area contributed by atoms with Gasteiger partial charge in [-0.15, -0.1) is 0 Å². The maximum Gasteiger partial charge on any atom is 0.253 e. The number of hydrogen-bond donors (Lipinski definition) is 2. The maximum absolute atomic E-state index is 12.5. The van der Waals surface area contributed by atoms with Crippen molar-refractivity contribution >= 4 is 28.5 Å². The molecule has 0 amide bonds. The number of rotatable bonds is 4. The van der Waals surface area contributed by atoms with Crippen LogP contribution in [0.15, 0.2) is 65.8 Å². The first kappa shape index (κ1) is 17.2. The van der Waals surface area contributed by atoms with Gasteiger partial charge in [0.15, 0.2) is 0 Å². The predicted octanol–water partition coefficient (Wildman–Crippen LogP) is 4.21. The monoisotopic (exact) mass is 377 g/mol. The van der Waals surface area contributed by atoms with Crippen LogP contribution in [0, 0.1) is 0 Å². The number of nitrogens with zero attached hydrogens (tertiary/aromatic N) is 3. The minimum atomic E-state index is -0.290. The van der Waals surface area contributed by atoms with Crippen LogP contribution in [0.4, 0.5) is 5.95 Å². The lowest BCUT2D eigenvalue weighted by atomic mass is 10.1. The van der Waals surface area contributed by atoms with Crippen LogP contribution < -0.4 is 10.9 Å². The van der Waals surface area contributed by atoms with Crippen molar-refractivity contribution < 1.29 is 0 Å². The van der Waals surface area contributed by atoms with Gasteiger partial charge in [0.1, 0.15) is 0 Å². The predicted molar refractivity (Wildman–Crippen MR) is 107 cm³/mol. The Bertz CT molecular complexity index is 1160. The highest BCUT2D eigenvalue weighted by Crippen LogP contribution is 2.22. The summed E-state index contributed by atoms with van der Waals surface area (Å²) in [5, 5.41) is 4.68. The van der Waals surface area contributed by atoms with Crippen molar-refractivity contribution in [3.8, 4) is 11.3 Å². The fraction of sp³-hybridized carbons (Fsp3) is 0.100. The molecule has 0 saturated heterocycles. The normalized spacial score (nSPS) is 12.1. The SMILES string of the molecule is C[C@H](Nc1nccc(-c2cccnc2)n1)c1cc2cc(Cl)ccc2[nH]c1=O. The smallest absolute Gasteiger partial charge is 0.253 e. The summed E-state index contributed by atoms with van der Waals surface area (Å²) < 4.78 is 0. The second kappa shape index (κ2) is 7.17. The molecule has 27 heavy (non-hydrogen) atoms. The van der Waals surface area contributed by atoms with E-state index in [1.54, 1.807) is 30.7 Å². The summed E-state index contributed by atoms with van der Waals surface area (Å²) in [7, 11) is 0. The van der Waals surface area contributed by atoms with Crippen molar-refractivity contribution in [2.75, 3.05) is 5.32 Å². The molecule has 134 valence electrons. The number of halogens is 1. The molecule has 7 heteroatoms. The lowest BCUT2D eigenvalue weighted by Crippen LogP contribution is -2.20. The Morgan fingerprint density at radius 1 is 1.15 bits per heavy atom. The van der Waals surface area contributed by atoms with Crippen LogP contribution in [0.1, 0.15) is 18.5 Å². The average molecular weight is 378 g/mol. The summed E-state index contributed by atoms with van der Waals surface area (Å²) in [6, 6.07) is 12.5. The number of benzene rings is 1. The van der Waals surface area contributed by atoms with E-state index in [0.29, 0.717) is 16.5 Å². The van der Waals surface area contributed by atoms with Crippen LogP contribution >= 0.6 is 11.6 Å². The van der Waals surface area contributed by atoms with E-state index in [1.807, 2.05) is 37.3 Å². The molecule has 4 rings (SSSR count). The zero-order chi connectivity index (χ0) is 18.8. The Labute approximate surface area is 160 Å². The van der Waals surface area contributed by atoms with Crippen molar-refractivity contribution in [2.45, 2.75) is 13.0 Å². The molecule has 0 aliphatic heterocycles. The highest BCUT2D eigenvalue weighted by molar-refractivity contribution is 6.31. The summed E-state index contributed by atoms with van der Waals surface area (Å²) in [6.45, 7) is 1.89. The molecule has 6 nitrogen and oxygen atoms in total. The van der Waals surface area contributed by atoms with E-state index >= 15 is 0 Å². The number of hydrogen-bond acceptors (Lipinski definition) is 5. The second-order valence-corrected chi connectivity index (χ2v) is 6.60. The van der Waals surface area contributed by atoms with Crippen molar-refractivity contribution in [3.63, 3.8) is 0 Å². The zero-order valence-corrected chi connectivity index (χ0v) is 15.2. The van der Waals surface area contributed by atoms with Gasteiger partial charge in [-0.25, -0.2) is 9.97 Å². The quantitative estimate of drug-likeness (QED) is 0.556. The summed E-state index contributed by atoms with van der Waals surface area (Å²) in [6.07, 6.45) is 5.13. The highest BCUT2D eigenvalue weighted by atomic mass is 35.5. The van der Waals surface area contributed by atoms with Gasteiger partial charge in [0.05, 0.1) is 11.7 Å². The Balaban J connectivity index is 1.64. The van der Waals surface area contributed by atoms with Crippen molar-refractivity contribution in [3.05, 3.63) is 82.0 Å². The van der Waals surface area contributed by atoms with Gasteiger partial charge in [-0.1, -0.05) is 11.6 Å². The topological polar surface area (TPSA) is 83.6 Å². The summed E-state index contributed by atoms with van der Waals surface area (Å²) in [4.78, 5) is 28.2. The lowest BCUT2D eigenvalue weighted by Gasteiger charge is -2.14. The van der Waals surface area contributed by atoms with Gasteiger partial charge in [0.25, 0.3) is 5.56 Å². The molecular weight excluding hydrogens is 362 g/mol. The number of aromatic amines is 1. The molecule has 0 aliphatic carbocycles. The fourth-order valence-electron chi connectivity index (χ4n) is 2.89. The van der Waals surface area contributed by atoms with Gasteiger partial charge in [0.2, 0.25) is 5.95 Å². The minimum absolute atomic E-state index is 0.159. The van der Waals surface area contributed by atoms with Crippen molar-refractivity contribution in [1.29, 1.82) is 0 Å². The molecule has 0 saturated carbocycles. The minimum Gasteiger partial charge on any atom is -0.347 e. The van der Waals surface area contributed by atoms with Crippen LogP contribution in [0.3, 0.4) is 0 Å². The molecule has 3 heterocycles. The van der Waals surface area contributed by atoms with Crippen molar-refractivity contribution in [1.82, 2.24) is 19.9 Å². The maximum atomic E-state index is 12.5. The molecule has 0 fully saturated rings. The standard InChI is InChI=1S/C20H16ClN5O/c1-12(16-10-14-9-15(21)4-5-17(14)25-19(16)27)24-20-23-8-6-18(26-20)13-3-2-7-22-11-13/h2-12H,1H3,(H,25,27)(H,23,24,26)/t12-/m0/s1. The van der Waals surface area contributed by atoms with E-state index in [0.717, 1.165) is 22.2 Å². The van der Waals surface area contributed by atoms with Crippen LogP contribution in [0.5, 0.6) is 0 Å². The number of nitrogens with one attached hydrogen (secondary N) is 2. The van der Waals surface area contributed by atoms with Gasteiger partial charge in [0, 0.05) is 45.6 Å². The van der Waals surface area contributed by atoms with E-state index in [-0.39, 0.29) is 11.6 Å². The summed E-state index contributed by atoms with van der Waals surface area (Å²) >= 11 is 6.06. The number of H-pyrrole nitrogens is 1. The molecule has 0 aliphatic rings. The Morgan fingerprint density at radius 3 is 2.85 bits per heavy atom. The van der Waals surface area contributed by atoms with Crippen LogP contribution in [-0.4, -0.2) is 19.9 Å². The van der Waals surface area contributed by atoms with E-state index < -0.39 is 0 Å². The number of anilines is 1. The van der Waals surface area contributed by atoms with Crippen LogP contribution in [0.25, 0.3) is 22.2 Å². The fourth-order valence-corrected chi connectivity index (χ4v) is 3.07. The van der Waals surface area contributed by atoms with Gasteiger partial charge >= 0.3 is 0 Å². The Hall–Kier alpha value is -3.25. The van der Waals surface area contributed by atoms with Gasteiger partial charge in [-0.05, 0) is 49.4 Å². The molecule has 0 bridgehead atoms. The number of pyridine rings is 2. The highest BCUT2D eigenvalue weighted by Gasteiger charge is 2.13. The summed E-state index contributed by atoms with van der Waals surface area (Å²) in [5.74, 6) is 0.439. The Morgan fingerprint density at radius 2 is 2.04 bits per heavy atom. The third-order valence-corrected chi connectivity index (χ3v) is 4.50. The molecule has 3 aromatic heterocycles. The third-order valence-electron chi connectivity index (χ3n) is 4.26. The molecule has 0 spiro atoms. The Kier molecular flexibility index (Phi) is 4.56. The van der Waals surface area contributed by atoms with E-state index in [4.69, 9.17) is 11.6 Å². The molecule has 0 radical (unpaired) electrons. The van der Waals surface area contributed by atoms with E-state index in [9.17, 15) is 4.79 Å². The average Bonchev–Trinajstić information content (AvgIpc) is 2.68. The van der Waals surface area contributed by atoms with Crippen LogP contribution in [-0.2, 0) is 0 Å². The first-order valence-electron chi connectivity index (χ1n) is 8.42. The molecule has 0 unspecified atom stereocenters. The number of aromatic nitrogens is 4. The largest absolute Gasteiger partial charge is 0.347 e. The first-order chi connectivity index (χ1) is 13.1. The zero-order valence-electron chi connectivity index (χ0n) is 14.5. The van der Waals surface area contributed by atoms with E-state index in [2.05, 4.69) is 25.3 Å². The third kappa shape index (κ3) is 3.66. The summed E-state index contributed by atoms with van der Waals surface area (Å²) in [5.41, 5.74) is 2.82. The van der Waals surface area contributed by atoms with E-state index in [1.165, 1.54) is 0 Å². The van der Waals surface area contributed by atoms with Gasteiger partial charge in [-0.3, -0.25) is 9.78 Å². The molecule has 2 N–H and O–H groups in total.